The minimum Gasteiger partial charge on any atom is -0.376 e. The standard InChI is InChI=1S/C18H22N4O2S/c1-5-7-12(6-2)22-10-20-14-13-15(21(3)4)11(9-23)8-19-17(13)25-16(14)18(22)24/h8-10,12H,5-7H2,1-4H3. The van der Waals surface area contributed by atoms with E-state index < -0.39 is 0 Å². The molecule has 0 N–H and O–H groups in total. The molecule has 0 saturated heterocycles. The summed E-state index contributed by atoms with van der Waals surface area (Å²) in [6, 6.07) is 0.159. The SMILES string of the molecule is CCCC(CC)n1cnc2c(sc3ncc(C=O)c(N(C)C)c32)c1=O. The summed E-state index contributed by atoms with van der Waals surface area (Å²) < 4.78 is 2.35. The number of aldehydes is 1. The molecule has 6 nitrogen and oxygen atoms in total. The van der Waals surface area contributed by atoms with Gasteiger partial charge in [-0.15, -0.1) is 11.3 Å². The van der Waals surface area contributed by atoms with Crippen molar-refractivity contribution in [2.24, 2.45) is 0 Å². The smallest absolute Gasteiger partial charge is 0.271 e. The minimum absolute atomic E-state index is 0.0225. The van der Waals surface area contributed by atoms with E-state index in [-0.39, 0.29) is 11.6 Å². The molecule has 3 aromatic rings. The summed E-state index contributed by atoms with van der Waals surface area (Å²) in [5.41, 5.74) is 1.87. The third kappa shape index (κ3) is 2.82. The molecular formula is C18H22N4O2S. The Labute approximate surface area is 150 Å². The fraction of sp³-hybridized carbons (Fsp3) is 0.444. The van der Waals surface area contributed by atoms with Crippen LogP contribution in [-0.4, -0.2) is 34.9 Å². The molecule has 0 aromatic carbocycles. The fourth-order valence-electron chi connectivity index (χ4n) is 3.31. The topological polar surface area (TPSA) is 68.1 Å². The summed E-state index contributed by atoms with van der Waals surface area (Å²) in [6.07, 6.45) is 6.86. The number of pyridine rings is 1. The lowest BCUT2D eigenvalue weighted by molar-refractivity contribution is 0.112. The first-order valence-corrected chi connectivity index (χ1v) is 9.29. The number of thiophene rings is 1. The van der Waals surface area contributed by atoms with E-state index in [2.05, 4.69) is 23.8 Å². The van der Waals surface area contributed by atoms with Crippen molar-refractivity contribution in [1.29, 1.82) is 0 Å². The molecule has 1 atom stereocenters. The molecule has 0 amide bonds. The third-order valence-corrected chi connectivity index (χ3v) is 5.57. The fourth-order valence-corrected chi connectivity index (χ4v) is 4.35. The highest BCUT2D eigenvalue weighted by atomic mass is 32.1. The van der Waals surface area contributed by atoms with Crippen molar-refractivity contribution in [2.45, 2.75) is 39.2 Å². The van der Waals surface area contributed by atoms with Crippen molar-refractivity contribution in [3.63, 3.8) is 0 Å². The molecular weight excluding hydrogens is 336 g/mol. The van der Waals surface area contributed by atoms with Crippen LogP contribution in [-0.2, 0) is 0 Å². The van der Waals surface area contributed by atoms with Gasteiger partial charge >= 0.3 is 0 Å². The van der Waals surface area contributed by atoms with Crippen LogP contribution in [0.4, 0.5) is 5.69 Å². The molecule has 0 saturated carbocycles. The molecule has 3 aromatic heterocycles. The summed E-state index contributed by atoms with van der Waals surface area (Å²) in [5.74, 6) is 0. The summed E-state index contributed by atoms with van der Waals surface area (Å²) >= 11 is 1.35. The number of hydrogen-bond donors (Lipinski definition) is 0. The number of rotatable bonds is 6. The molecule has 0 aliphatic rings. The number of aromatic nitrogens is 3. The van der Waals surface area contributed by atoms with Crippen LogP contribution in [0, 0.1) is 0 Å². The quantitative estimate of drug-likeness (QED) is 0.629. The lowest BCUT2D eigenvalue weighted by atomic mass is 10.1. The van der Waals surface area contributed by atoms with Crippen LogP contribution in [0.15, 0.2) is 17.3 Å². The highest BCUT2D eigenvalue weighted by Gasteiger charge is 2.20. The first-order chi connectivity index (χ1) is 12.0. The van der Waals surface area contributed by atoms with Crippen molar-refractivity contribution in [3.05, 3.63) is 28.4 Å². The summed E-state index contributed by atoms with van der Waals surface area (Å²) in [6.45, 7) is 4.21. The van der Waals surface area contributed by atoms with Crippen molar-refractivity contribution in [2.75, 3.05) is 19.0 Å². The second kappa shape index (κ2) is 6.92. The van der Waals surface area contributed by atoms with Gasteiger partial charge < -0.3 is 4.90 Å². The van der Waals surface area contributed by atoms with Crippen LogP contribution in [0.5, 0.6) is 0 Å². The van der Waals surface area contributed by atoms with Crippen LogP contribution in [0.3, 0.4) is 0 Å². The number of anilines is 1. The highest BCUT2D eigenvalue weighted by molar-refractivity contribution is 7.25. The van der Waals surface area contributed by atoms with Crippen LogP contribution in [0.25, 0.3) is 20.4 Å². The normalized spacial score (nSPS) is 12.6. The average molecular weight is 358 g/mol. The molecule has 25 heavy (non-hydrogen) atoms. The van der Waals surface area contributed by atoms with Crippen LogP contribution < -0.4 is 10.5 Å². The zero-order valence-corrected chi connectivity index (χ0v) is 15.8. The van der Waals surface area contributed by atoms with Gasteiger partial charge in [0.15, 0.2) is 6.29 Å². The summed E-state index contributed by atoms with van der Waals surface area (Å²) in [5, 5.41) is 0.780. The lowest BCUT2D eigenvalue weighted by Crippen LogP contribution is -2.24. The van der Waals surface area contributed by atoms with Gasteiger partial charge in [-0.25, -0.2) is 9.97 Å². The molecule has 0 fully saturated rings. The Morgan fingerprint density at radius 2 is 2.08 bits per heavy atom. The second-order valence-electron chi connectivity index (χ2n) is 6.34. The van der Waals surface area contributed by atoms with Gasteiger partial charge in [0.25, 0.3) is 5.56 Å². The van der Waals surface area contributed by atoms with Gasteiger partial charge in [0, 0.05) is 26.3 Å². The van der Waals surface area contributed by atoms with E-state index in [1.54, 1.807) is 17.1 Å². The second-order valence-corrected chi connectivity index (χ2v) is 7.34. The number of fused-ring (bicyclic) bond motifs is 3. The number of nitrogens with zero attached hydrogens (tertiary/aromatic N) is 4. The number of carbonyl (C=O) groups excluding carboxylic acids is 1. The van der Waals surface area contributed by atoms with E-state index in [4.69, 9.17) is 0 Å². The maximum Gasteiger partial charge on any atom is 0.271 e. The van der Waals surface area contributed by atoms with Gasteiger partial charge in [-0.3, -0.25) is 14.2 Å². The molecule has 3 heterocycles. The summed E-state index contributed by atoms with van der Waals surface area (Å²) in [7, 11) is 3.75. The van der Waals surface area contributed by atoms with Gasteiger partial charge in [0.05, 0.1) is 28.5 Å². The Morgan fingerprint density at radius 1 is 1.32 bits per heavy atom. The Bertz CT molecular complexity index is 990. The van der Waals surface area contributed by atoms with Crippen molar-refractivity contribution >= 4 is 43.7 Å². The van der Waals surface area contributed by atoms with Crippen LogP contribution in [0.2, 0.25) is 0 Å². The largest absolute Gasteiger partial charge is 0.376 e. The number of hydrogen-bond acceptors (Lipinski definition) is 6. The molecule has 0 bridgehead atoms. The van der Waals surface area contributed by atoms with E-state index in [1.807, 2.05) is 19.0 Å². The van der Waals surface area contributed by atoms with E-state index in [0.717, 1.165) is 41.5 Å². The van der Waals surface area contributed by atoms with E-state index >= 15 is 0 Å². The van der Waals surface area contributed by atoms with Crippen LogP contribution >= 0.6 is 11.3 Å². The zero-order chi connectivity index (χ0) is 18.1. The first-order valence-electron chi connectivity index (χ1n) is 8.48. The molecule has 7 heteroatoms. The third-order valence-electron chi connectivity index (χ3n) is 4.50. The Balaban J connectivity index is 2.35. The molecule has 0 spiro atoms. The molecule has 1 unspecified atom stereocenters. The summed E-state index contributed by atoms with van der Waals surface area (Å²) in [4.78, 5) is 36.0. The first kappa shape index (κ1) is 17.5. The van der Waals surface area contributed by atoms with Crippen molar-refractivity contribution < 1.29 is 4.79 Å². The molecule has 0 radical (unpaired) electrons. The van der Waals surface area contributed by atoms with Crippen LogP contribution in [0.1, 0.15) is 49.5 Å². The molecule has 0 aliphatic heterocycles. The Morgan fingerprint density at radius 3 is 2.68 bits per heavy atom. The van der Waals surface area contributed by atoms with E-state index in [1.165, 1.54) is 11.3 Å². The monoisotopic (exact) mass is 358 g/mol. The van der Waals surface area contributed by atoms with Gasteiger partial charge in [0.1, 0.15) is 9.53 Å². The van der Waals surface area contributed by atoms with E-state index in [9.17, 15) is 9.59 Å². The zero-order valence-electron chi connectivity index (χ0n) is 14.9. The van der Waals surface area contributed by atoms with Crippen molar-refractivity contribution in [1.82, 2.24) is 14.5 Å². The van der Waals surface area contributed by atoms with Gasteiger partial charge in [-0.05, 0) is 12.8 Å². The van der Waals surface area contributed by atoms with Gasteiger partial charge in [-0.2, -0.15) is 0 Å². The molecule has 0 aliphatic carbocycles. The number of carbonyl (C=O) groups is 1. The van der Waals surface area contributed by atoms with Crippen molar-refractivity contribution in [3.8, 4) is 0 Å². The van der Waals surface area contributed by atoms with E-state index in [0.29, 0.717) is 15.8 Å². The minimum atomic E-state index is -0.0225. The van der Waals surface area contributed by atoms with Gasteiger partial charge in [0.2, 0.25) is 0 Å². The Kier molecular flexibility index (Phi) is 4.85. The molecule has 132 valence electrons. The lowest BCUT2D eigenvalue weighted by Gasteiger charge is -2.17. The molecule has 3 rings (SSSR count). The maximum atomic E-state index is 13.0. The maximum absolute atomic E-state index is 13.0. The highest BCUT2D eigenvalue weighted by Crippen LogP contribution is 2.37. The predicted octanol–water partition coefficient (Wildman–Crippen LogP) is 3.64. The average Bonchev–Trinajstić information content (AvgIpc) is 2.99. The Hall–Kier alpha value is -2.28. The predicted molar refractivity (Wildman–Crippen MR) is 103 cm³/mol. The van der Waals surface area contributed by atoms with Gasteiger partial charge in [-0.1, -0.05) is 20.3 Å².